The molecule has 3 amide bonds. The number of hydrazine groups is 1. The number of nitrogens with two attached hydrogens (primary N) is 1. The van der Waals surface area contributed by atoms with E-state index in [-0.39, 0.29) is 37.6 Å². The van der Waals surface area contributed by atoms with E-state index in [4.69, 9.17) is 10.8 Å². The fourth-order valence-corrected chi connectivity index (χ4v) is 3.79. The fourth-order valence-electron chi connectivity index (χ4n) is 3.79. The third-order valence-electron chi connectivity index (χ3n) is 5.54. The van der Waals surface area contributed by atoms with Crippen LogP contribution in [0.2, 0.25) is 0 Å². The average molecular weight is 505 g/mol. The Balaban J connectivity index is 3.15. The molecule has 0 radical (unpaired) electrons. The number of hydrogen-bond donors (Lipinski definition) is 5. The topological polar surface area (TPSA) is 162 Å². The smallest absolute Gasteiger partial charge is 0.303 e. The lowest BCUT2D eigenvalue weighted by Crippen LogP contribution is -2.56. The van der Waals surface area contributed by atoms with Crippen LogP contribution in [0, 0.1) is 23.7 Å². The van der Waals surface area contributed by atoms with Crippen LogP contribution in [0.4, 0.5) is 0 Å². The molecule has 1 aromatic carbocycles. The summed E-state index contributed by atoms with van der Waals surface area (Å²) in [4.78, 5) is 49.8. The largest absolute Gasteiger partial charge is 0.481 e. The van der Waals surface area contributed by atoms with Crippen LogP contribution in [0.1, 0.15) is 58.9 Å². The zero-order chi connectivity index (χ0) is 27.3. The van der Waals surface area contributed by atoms with Crippen LogP contribution in [0.25, 0.3) is 6.08 Å². The van der Waals surface area contributed by atoms with Crippen molar-refractivity contribution >= 4 is 29.8 Å². The molecule has 0 aliphatic heterocycles. The van der Waals surface area contributed by atoms with Gasteiger partial charge in [0.05, 0.1) is 17.9 Å². The van der Waals surface area contributed by atoms with Crippen LogP contribution in [0.5, 0.6) is 0 Å². The van der Waals surface area contributed by atoms with Crippen molar-refractivity contribution in [3.63, 3.8) is 0 Å². The van der Waals surface area contributed by atoms with E-state index in [1.54, 1.807) is 11.6 Å². The number of nitrogens with zero attached hydrogens (tertiary/aromatic N) is 1. The molecular formula is C26H40N4O6. The van der Waals surface area contributed by atoms with Crippen molar-refractivity contribution in [1.29, 1.82) is 0 Å². The number of carbonyl (C=O) groups excluding carboxylic acids is 3. The van der Waals surface area contributed by atoms with E-state index in [9.17, 15) is 24.4 Å². The number of aliphatic carboxylic acids is 1. The Bertz CT molecular complexity index is 888. The Labute approximate surface area is 212 Å². The number of nitrogens with one attached hydrogen (secondary N) is 2. The van der Waals surface area contributed by atoms with Crippen LogP contribution < -0.4 is 16.6 Å². The number of amides is 3. The zero-order valence-corrected chi connectivity index (χ0v) is 21.5. The van der Waals surface area contributed by atoms with Crippen LogP contribution in [-0.2, 0) is 19.2 Å². The second-order valence-electron chi connectivity index (χ2n) is 9.72. The molecule has 3 atom stereocenters. The van der Waals surface area contributed by atoms with Gasteiger partial charge in [0.15, 0.2) is 0 Å². The molecule has 6 N–H and O–H groups in total. The van der Waals surface area contributed by atoms with Crippen LogP contribution in [-0.4, -0.2) is 51.6 Å². The Morgan fingerprint density at radius 3 is 2.17 bits per heavy atom. The highest BCUT2D eigenvalue weighted by atomic mass is 16.5. The predicted molar refractivity (Wildman–Crippen MR) is 136 cm³/mol. The van der Waals surface area contributed by atoms with Gasteiger partial charge in [0, 0.05) is 13.0 Å². The molecule has 0 bridgehead atoms. The number of carboxylic acids is 1. The number of allylic oxidation sites excluding steroid dienone is 1. The van der Waals surface area contributed by atoms with Crippen LogP contribution in [0.3, 0.4) is 0 Å². The molecule has 10 nitrogen and oxygen atoms in total. The first-order chi connectivity index (χ1) is 17.0. The summed E-state index contributed by atoms with van der Waals surface area (Å²) >= 11 is 0. The lowest BCUT2D eigenvalue weighted by molar-refractivity contribution is -0.148. The zero-order valence-electron chi connectivity index (χ0n) is 21.5. The van der Waals surface area contributed by atoms with E-state index in [1.807, 2.05) is 64.1 Å². The van der Waals surface area contributed by atoms with Crippen molar-refractivity contribution in [2.24, 2.45) is 29.4 Å². The van der Waals surface area contributed by atoms with Crippen molar-refractivity contribution in [2.45, 2.75) is 59.4 Å². The Hall–Kier alpha value is -3.24. The Morgan fingerprint density at radius 1 is 1.00 bits per heavy atom. The van der Waals surface area contributed by atoms with Gasteiger partial charge in [-0.15, -0.1) is 0 Å². The molecule has 0 heterocycles. The first-order valence-corrected chi connectivity index (χ1v) is 12.2. The highest BCUT2D eigenvalue weighted by Crippen LogP contribution is 2.26. The summed E-state index contributed by atoms with van der Waals surface area (Å²) in [5.41, 5.74) is 11.1. The van der Waals surface area contributed by atoms with Gasteiger partial charge >= 0.3 is 5.97 Å². The molecule has 0 aliphatic carbocycles. The van der Waals surface area contributed by atoms with Gasteiger partial charge in [-0.25, -0.2) is 5.48 Å². The minimum Gasteiger partial charge on any atom is -0.481 e. The third-order valence-corrected chi connectivity index (χ3v) is 5.54. The van der Waals surface area contributed by atoms with E-state index in [0.29, 0.717) is 6.42 Å². The van der Waals surface area contributed by atoms with E-state index in [1.165, 1.54) is 0 Å². The quantitative estimate of drug-likeness (QED) is 0.192. The van der Waals surface area contributed by atoms with Gasteiger partial charge in [-0.3, -0.25) is 34.8 Å². The molecule has 200 valence electrons. The van der Waals surface area contributed by atoms with Crippen molar-refractivity contribution in [1.82, 2.24) is 15.9 Å². The molecule has 0 unspecified atom stereocenters. The molecule has 1 rings (SSSR count). The molecule has 0 fully saturated rings. The maximum Gasteiger partial charge on any atom is 0.303 e. The molecular weight excluding hydrogens is 464 g/mol. The summed E-state index contributed by atoms with van der Waals surface area (Å²) in [6.07, 6.45) is 3.76. The maximum absolute atomic E-state index is 13.4. The molecule has 0 saturated carbocycles. The summed E-state index contributed by atoms with van der Waals surface area (Å²) in [6, 6.07) is 8.36. The minimum atomic E-state index is -1.10. The summed E-state index contributed by atoms with van der Waals surface area (Å²) in [7, 11) is 0. The molecule has 0 aliphatic rings. The normalized spacial score (nSPS) is 13.9. The Kier molecular flexibility index (Phi) is 13.4. The van der Waals surface area contributed by atoms with E-state index in [0.717, 1.165) is 10.6 Å². The molecule has 0 spiro atoms. The second kappa shape index (κ2) is 15.7. The summed E-state index contributed by atoms with van der Waals surface area (Å²) in [5.74, 6) is -4.65. The third kappa shape index (κ3) is 11.0. The van der Waals surface area contributed by atoms with Gasteiger partial charge in [-0.05, 0) is 36.7 Å². The van der Waals surface area contributed by atoms with Gasteiger partial charge in [0.1, 0.15) is 0 Å². The summed E-state index contributed by atoms with van der Waals surface area (Å²) in [6.45, 7) is 7.69. The Morgan fingerprint density at radius 2 is 1.64 bits per heavy atom. The summed E-state index contributed by atoms with van der Waals surface area (Å²) in [5, 5.41) is 19.4. The first-order valence-electron chi connectivity index (χ1n) is 12.2. The second-order valence-corrected chi connectivity index (χ2v) is 9.72. The van der Waals surface area contributed by atoms with Crippen LogP contribution >= 0.6 is 0 Å². The van der Waals surface area contributed by atoms with E-state index >= 15 is 0 Å². The van der Waals surface area contributed by atoms with Crippen LogP contribution in [0.15, 0.2) is 36.4 Å². The lowest BCUT2D eigenvalue weighted by Gasteiger charge is -2.31. The van der Waals surface area contributed by atoms with Gasteiger partial charge in [-0.1, -0.05) is 70.2 Å². The number of carboxylic acid groups (broad SMARTS) is 1. The van der Waals surface area contributed by atoms with Gasteiger partial charge in [0.2, 0.25) is 11.8 Å². The van der Waals surface area contributed by atoms with Crippen molar-refractivity contribution in [3.8, 4) is 0 Å². The number of benzene rings is 1. The average Bonchev–Trinajstić information content (AvgIpc) is 2.82. The minimum absolute atomic E-state index is 0.0187. The van der Waals surface area contributed by atoms with Crippen molar-refractivity contribution in [3.05, 3.63) is 42.0 Å². The molecule has 0 aromatic heterocycles. The number of carbonyl (C=O) groups is 4. The molecule has 1 aromatic rings. The maximum atomic E-state index is 13.4. The predicted octanol–water partition coefficient (Wildman–Crippen LogP) is 2.58. The first kappa shape index (κ1) is 30.8. The van der Waals surface area contributed by atoms with Crippen molar-refractivity contribution < 1.29 is 29.5 Å². The molecule has 0 saturated heterocycles. The monoisotopic (exact) mass is 504 g/mol. The SMILES string of the molecule is CC(C)C[C@H](C(=O)NN(CC(C)C)C(=O)[C@H](N)CCC(=O)O)[C@H](CC=Cc1ccccc1)C(=O)NO. The standard InChI is InChI=1S/C26H40N4O6/c1-17(2)15-21(20(25(34)29-36)12-8-11-19-9-6-5-7-10-19)24(33)28-30(16-18(3)4)26(35)22(27)13-14-23(31)32/h5-11,17-18,20-22,36H,12-16,27H2,1-4H3,(H,28,33)(H,29,34)(H,31,32)/t20-,21-,22+/m0/s1. The lowest BCUT2D eigenvalue weighted by atomic mass is 9.82. The van der Waals surface area contributed by atoms with Gasteiger partial charge in [0.25, 0.3) is 5.91 Å². The van der Waals surface area contributed by atoms with Gasteiger partial charge < -0.3 is 10.8 Å². The highest BCUT2D eigenvalue weighted by Gasteiger charge is 2.35. The highest BCUT2D eigenvalue weighted by molar-refractivity contribution is 5.90. The van der Waals surface area contributed by atoms with E-state index in [2.05, 4.69) is 5.43 Å². The number of rotatable bonds is 14. The fraction of sp³-hybridized carbons (Fsp3) is 0.538. The number of hydroxylamine groups is 1. The number of hydrogen-bond acceptors (Lipinski definition) is 6. The molecule has 36 heavy (non-hydrogen) atoms. The molecule has 10 heteroatoms. The van der Waals surface area contributed by atoms with Gasteiger partial charge in [-0.2, -0.15) is 0 Å². The van der Waals surface area contributed by atoms with Crippen molar-refractivity contribution in [2.75, 3.05) is 6.54 Å². The summed E-state index contributed by atoms with van der Waals surface area (Å²) < 4.78 is 0. The van der Waals surface area contributed by atoms with E-state index < -0.39 is 41.6 Å².